The highest BCUT2D eigenvalue weighted by Gasteiger charge is 2.09. The lowest BCUT2D eigenvalue weighted by atomic mass is 10.1. The summed E-state index contributed by atoms with van der Waals surface area (Å²) in [4.78, 5) is 35.8. The van der Waals surface area contributed by atoms with E-state index in [0.29, 0.717) is 33.9 Å². The summed E-state index contributed by atoms with van der Waals surface area (Å²) in [6.07, 6.45) is 1.44. The maximum Gasteiger partial charge on any atom is 0.308 e. The first kappa shape index (κ1) is 23.2. The van der Waals surface area contributed by atoms with Crippen molar-refractivity contribution in [3.05, 3.63) is 89.0 Å². The fraction of sp³-hybridized carbons (Fsp3) is 0.120. The molecule has 8 heteroatoms. The quantitative estimate of drug-likeness (QED) is 0.248. The van der Waals surface area contributed by atoms with Crippen LogP contribution in [0.25, 0.3) is 0 Å². The Morgan fingerprint density at radius 2 is 1.64 bits per heavy atom. The van der Waals surface area contributed by atoms with Gasteiger partial charge >= 0.3 is 5.97 Å². The molecule has 168 valence electrons. The molecule has 33 heavy (non-hydrogen) atoms. The number of methoxy groups -OCH3 is 1. The van der Waals surface area contributed by atoms with Crippen LogP contribution in [0, 0.1) is 6.92 Å². The van der Waals surface area contributed by atoms with E-state index in [9.17, 15) is 14.4 Å². The number of anilines is 1. The molecule has 0 atom stereocenters. The summed E-state index contributed by atoms with van der Waals surface area (Å²) in [7, 11) is 1.46. The Hall–Kier alpha value is -4.46. The number of carbonyl (C=O) groups is 3. The number of ether oxygens (including phenoxy) is 2. The van der Waals surface area contributed by atoms with Gasteiger partial charge in [0.25, 0.3) is 11.8 Å². The molecule has 0 aliphatic rings. The third kappa shape index (κ3) is 6.51. The van der Waals surface area contributed by atoms with E-state index in [2.05, 4.69) is 15.8 Å². The first-order chi connectivity index (χ1) is 15.9. The van der Waals surface area contributed by atoms with Gasteiger partial charge in [0.15, 0.2) is 11.5 Å². The molecular weight excluding hydrogens is 422 g/mol. The normalized spacial score (nSPS) is 10.5. The van der Waals surface area contributed by atoms with Gasteiger partial charge in [0.05, 0.1) is 13.3 Å². The van der Waals surface area contributed by atoms with Crippen molar-refractivity contribution in [1.82, 2.24) is 5.43 Å². The van der Waals surface area contributed by atoms with Crippen LogP contribution in [-0.4, -0.2) is 31.1 Å². The molecule has 3 aromatic carbocycles. The summed E-state index contributed by atoms with van der Waals surface area (Å²) in [6, 6.07) is 18.6. The van der Waals surface area contributed by atoms with Gasteiger partial charge in [-0.1, -0.05) is 17.7 Å². The number of amides is 2. The summed E-state index contributed by atoms with van der Waals surface area (Å²) >= 11 is 0. The van der Waals surface area contributed by atoms with Crippen molar-refractivity contribution in [2.75, 3.05) is 12.4 Å². The van der Waals surface area contributed by atoms with Gasteiger partial charge in [0.1, 0.15) is 0 Å². The second-order valence-corrected chi connectivity index (χ2v) is 7.10. The van der Waals surface area contributed by atoms with Gasteiger partial charge in [-0.05, 0) is 67.1 Å². The highest BCUT2D eigenvalue weighted by Crippen LogP contribution is 2.27. The average Bonchev–Trinajstić information content (AvgIpc) is 2.80. The molecule has 0 aliphatic carbocycles. The zero-order chi connectivity index (χ0) is 23.8. The summed E-state index contributed by atoms with van der Waals surface area (Å²) in [5.41, 5.74) is 5.58. The number of benzene rings is 3. The topological polar surface area (TPSA) is 106 Å². The molecule has 0 radical (unpaired) electrons. The van der Waals surface area contributed by atoms with E-state index in [4.69, 9.17) is 9.47 Å². The Morgan fingerprint density at radius 1 is 0.879 bits per heavy atom. The van der Waals surface area contributed by atoms with Gasteiger partial charge in [-0.15, -0.1) is 0 Å². The maximum absolute atomic E-state index is 12.3. The van der Waals surface area contributed by atoms with Gasteiger partial charge in [0.2, 0.25) is 0 Å². The van der Waals surface area contributed by atoms with Crippen molar-refractivity contribution >= 4 is 29.7 Å². The minimum Gasteiger partial charge on any atom is -0.493 e. The van der Waals surface area contributed by atoms with E-state index >= 15 is 0 Å². The second-order valence-electron chi connectivity index (χ2n) is 7.10. The predicted molar refractivity (Wildman–Crippen MR) is 125 cm³/mol. The van der Waals surface area contributed by atoms with Crippen LogP contribution in [0.2, 0.25) is 0 Å². The van der Waals surface area contributed by atoms with Gasteiger partial charge in [0, 0.05) is 23.7 Å². The number of nitrogens with one attached hydrogen (secondary N) is 2. The molecule has 0 aliphatic heterocycles. The lowest BCUT2D eigenvalue weighted by molar-refractivity contribution is -0.132. The molecule has 8 nitrogen and oxygen atoms in total. The molecule has 0 heterocycles. The molecule has 0 fully saturated rings. The molecule has 0 spiro atoms. The van der Waals surface area contributed by atoms with Crippen LogP contribution in [-0.2, 0) is 4.79 Å². The number of esters is 1. The van der Waals surface area contributed by atoms with E-state index in [-0.39, 0.29) is 5.91 Å². The maximum atomic E-state index is 12.3. The summed E-state index contributed by atoms with van der Waals surface area (Å²) in [5.74, 6) is -0.436. The number of carbonyl (C=O) groups excluding carboxylic acids is 3. The molecule has 2 amide bonds. The van der Waals surface area contributed by atoms with Crippen LogP contribution >= 0.6 is 0 Å². The summed E-state index contributed by atoms with van der Waals surface area (Å²) in [5, 5.41) is 6.74. The van der Waals surface area contributed by atoms with Crippen LogP contribution in [0.3, 0.4) is 0 Å². The summed E-state index contributed by atoms with van der Waals surface area (Å²) < 4.78 is 10.3. The van der Waals surface area contributed by atoms with E-state index in [1.54, 1.807) is 54.6 Å². The lowest BCUT2D eigenvalue weighted by Gasteiger charge is -2.08. The first-order valence-corrected chi connectivity index (χ1v) is 10.0. The number of nitrogens with zero attached hydrogens (tertiary/aromatic N) is 1. The monoisotopic (exact) mass is 445 g/mol. The van der Waals surface area contributed by atoms with Crippen molar-refractivity contribution < 1.29 is 23.9 Å². The largest absolute Gasteiger partial charge is 0.493 e. The van der Waals surface area contributed by atoms with Crippen molar-refractivity contribution in [2.24, 2.45) is 5.10 Å². The number of aryl methyl sites for hydroxylation is 1. The Morgan fingerprint density at radius 3 is 2.30 bits per heavy atom. The predicted octanol–water partition coefficient (Wildman–Crippen LogP) is 3.95. The van der Waals surface area contributed by atoms with Gasteiger partial charge in [-0.3, -0.25) is 14.4 Å². The van der Waals surface area contributed by atoms with E-state index < -0.39 is 11.9 Å². The van der Waals surface area contributed by atoms with Gasteiger partial charge < -0.3 is 14.8 Å². The third-order valence-corrected chi connectivity index (χ3v) is 4.51. The Labute approximate surface area is 191 Å². The standard InChI is InChI=1S/C25H23N3O5/c1-16-5-4-6-20(13-16)24(30)27-21-10-8-19(9-11-21)25(31)28-26-15-18-7-12-22(33-17(2)29)23(14-18)32-3/h4-15H,1-3H3,(H,27,30)(H,28,31). The van der Waals surface area contributed by atoms with E-state index in [1.807, 2.05) is 19.1 Å². The van der Waals surface area contributed by atoms with Crippen molar-refractivity contribution in [3.63, 3.8) is 0 Å². The summed E-state index contributed by atoms with van der Waals surface area (Å²) in [6.45, 7) is 3.22. The second kappa shape index (κ2) is 10.7. The van der Waals surface area contributed by atoms with Crippen LogP contribution < -0.4 is 20.2 Å². The minimum absolute atomic E-state index is 0.226. The van der Waals surface area contributed by atoms with E-state index in [1.165, 1.54) is 20.2 Å². The average molecular weight is 445 g/mol. The molecule has 3 rings (SSSR count). The number of hydrogen-bond donors (Lipinski definition) is 2. The number of hydrazone groups is 1. The van der Waals surface area contributed by atoms with Crippen molar-refractivity contribution in [1.29, 1.82) is 0 Å². The van der Waals surface area contributed by atoms with Crippen molar-refractivity contribution in [3.8, 4) is 11.5 Å². The molecule has 0 unspecified atom stereocenters. The van der Waals surface area contributed by atoms with E-state index in [0.717, 1.165) is 5.56 Å². The highest BCUT2D eigenvalue weighted by atomic mass is 16.6. The van der Waals surface area contributed by atoms with Crippen LogP contribution in [0.15, 0.2) is 71.8 Å². The Bertz CT molecular complexity index is 1200. The van der Waals surface area contributed by atoms with Crippen LogP contribution in [0.5, 0.6) is 11.5 Å². The lowest BCUT2D eigenvalue weighted by Crippen LogP contribution is -2.18. The zero-order valence-electron chi connectivity index (χ0n) is 18.4. The Balaban J connectivity index is 1.59. The molecule has 0 saturated carbocycles. The highest BCUT2D eigenvalue weighted by molar-refractivity contribution is 6.04. The minimum atomic E-state index is -0.456. The van der Waals surface area contributed by atoms with Crippen LogP contribution in [0.4, 0.5) is 5.69 Å². The molecule has 0 saturated heterocycles. The zero-order valence-corrected chi connectivity index (χ0v) is 18.4. The Kier molecular flexibility index (Phi) is 7.54. The number of hydrogen-bond acceptors (Lipinski definition) is 6. The number of rotatable bonds is 7. The molecule has 0 aromatic heterocycles. The SMILES string of the molecule is COc1cc(C=NNC(=O)c2ccc(NC(=O)c3cccc(C)c3)cc2)ccc1OC(C)=O. The fourth-order valence-corrected chi connectivity index (χ4v) is 2.93. The van der Waals surface area contributed by atoms with Crippen LogP contribution in [0.1, 0.15) is 38.8 Å². The fourth-order valence-electron chi connectivity index (χ4n) is 2.93. The van der Waals surface area contributed by atoms with Crippen molar-refractivity contribution in [2.45, 2.75) is 13.8 Å². The van der Waals surface area contributed by atoms with Gasteiger partial charge in [-0.25, -0.2) is 5.43 Å². The third-order valence-electron chi connectivity index (χ3n) is 4.51. The molecular formula is C25H23N3O5. The molecule has 2 N–H and O–H groups in total. The molecule has 3 aromatic rings. The first-order valence-electron chi connectivity index (χ1n) is 10.0. The molecule has 0 bridgehead atoms. The van der Waals surface area contributed by atoms with Gasteiger partial charge in [-0.2, -0.15) is 5.10 Å². The smallest absolute Gasteiger partial charge is 0.308 e.